The van der Waals surface area contributed by atoms with Gasteiger partial charge in [-0.2, -0.15) is 4.98 Å². The second-order valence-electron chi connectivity index (χ2n) is 5.89. The number of para-hydroxylation sites is 2. The molecule has 0 amide bonds. The standard InChI is InChI=1S/C19H15N5O3S/c1-2-10-23-16-9-4-3-8-15(16)20-19(23)28-12-17-21-18(22-27-17)13-6-5-7-14(11-13)24(25)26/h2-9,11H,1,10,12H2. The summed E-state index contributed by atoms with van der Waals surface area (Å²) in [6.07, 6.45) is 1.82. The average molecular weight is 393 g/mol. The molecule has 0 atom stereocenters. The number of aromatic nitrogens is 4. The minimum Gasteiger partial charge on any atom is -0.338 e. The van der Waals surface area contributed by atoms with Gasteiger partial charge in [-0.3, -0.25) is 10.1 Å². The summed E-state index contributed by atoms with van der Waals surface area (Å²) >= 11 is 1.48. The van der Waals surface area contributed by atoms with Gasteiger partial charge < -0.3 is 9.09 Å². The Kier molecular flexibility index (Phi) is 4.90. The number of benzene rings is 2. The van der Waals surface area contributed by atoms with Crippen LogP contribution in [-0.2, 0) is 12.3 Å². The van der Waals surface area contributed by atoms with Crippen molar-refractivity contribution in [2.24, 2.45) is 0 Å². The molecule has 0 spiro atoms. The first-order chi connectivity index (χ1) is 13.7. The molecule has 2 aromatic carbocycles. The van der Waals surface area contributed by atoms with Gasteiger partial charge in [0.2, 0.25) is 11.7 Å². The molecule has 0 aliphatic heterocycles. The Morgan fingerprint density at radius 3 is 2.89 bits per heavy atom. The highest BCUT2D eigenvalue weighted by atomic mass is 32.2. The molecule has 0 radical (unpaired) electrons. The van der Waals surface area contributed by atoms with Crippen LogP contribution in [0.15, 0.2) is 70.9 Å². The van der Waals surface area contributed by atoms with Crippen molar-refractivity contribution in [3.63, 3.8) is 0 Å². The first kappa shape index (κ1) is 17.9. The molecule has 2 heterocycles. The van der Waals surface area contributed by atoms with E-state index in [4.69, 9.17) is 4.52 Å². The Balaban J connectivity index is 1.55. The van der Waals surface area contributed by atoms with Crippen molar-refractivity contribution in [3.05, 3.63) is 77.2 Å². The minimum atomic E-state index is -0.454. The fourth-order valence-electron chi connectivity index (χ4n) is 2.78. The van der Waals surface area contributed by atoms with Gasteiger partial charge in [-0.25, -0.2) is 4.98 Å². The Morgan fingerprint density at radius 1 is 1.21 bits per heavy atom. The molecule has 0 aliphatic rings. The summed E-state index contributed by atoms with van der Waals surface area (Å²) in [6.45, 7) is 4.46. The summed E-state index contributed by atoms with van der Waals surface area (Å²) in [6, 6.07) is 14.0. The summed E-state index contributed by atoms with van der Waals surface area (Å²) in [7, 11) is 0. The Labute approximate surface area is 164 Å². The highest BCUT2D eigenvalue weighted by Crippen LogP contribution is 2.28. The van der Waals surface area contributed by atoms with Gasteiger partial charge in [-0.15, -0.1) is 6.58 Å². The van der Waals surface area contributed by atoms with Crippen LogP contribution in [0.1, 0.15) is 5.89 Å². The molecule has 4 rings (SSSR count). The first-order valence-electron chi connectivity index (χ1n) is 8.42. The molecule has 8 nitrogen and oxygen atoms in total. The lowest BCUT2D eigenvalue weighted by Crippen LogP contribution is -1.97. The third-order valence-electron chi connectivity index (χ3n) is 4.04. The van der Waals surface area contributed by atoms with E-state index in [1.165, 1.54) is 23.9 Å². The Hall–Kier alpha value is -3.46. The average Bonchev–Trinajstić information content (AvgIpc) is 3.32. The molecule has 0 N–H and O–H groups in total. The maximum absolute atomic E-state index is 10.9. The molecule has 140 valence electrons. The summed E-state index contributed by atoms with van der Waals surface area (Å²) in [5.74, 6) is 1.17. The number of imidazole rings is 1. The van der Waals surface area contributed by atoms with E-state index in [0.717, 1.165) is 16.2 Å². The van der Waals surface area contributed by atoms with Crippen molar-refractivity contribution in [2.45, 2.75) is 17.5 Å². The predicted molar refractivity (Wildman–Crippen MR) is 106 cm³/mol. The molecule has 4 aromatic rings. The second-order valence-corrected chi connectivity index (χ2v) is 6.83. The molecule has 9 heteroatoms. The van der Waals surface area contributed by atoms with Crippen molar-refractivity contribution < 1.29 is 9.45 Å². The first-order valence-corrected chi connectivity index (χ1v) is 9.40. The van der Waals surface area contributed by atoms with E-state index in [2.05, 4.69) is 26.3 Å². The third kappa shape index (κ3) is 3.52. The second kappa shape index (κ2) is 7.65. The quantitative estimate of drug-likeness (QED) is 0.198. The number of hydrogen-bond acceptors (Lipinski definition) is 7. The molecular formula is C19H15N5O3S. The number of nitrogens with zero attached hydrogens (tertiary/aromatic N) is 5. The van der Waals surface area contributed by atoms with E-state index >= 15 is 0 Å². The van der Waals surface area contributed by atoms with Gasteiger partial charge in [-0.1, -0.05) is 47.3 Å². The van der Waals surface area contributed by atoms with E-state index in [-0.39, 0.29) is 5.69 Å². The summed E-state index contributed by atoms with van der Waals surface area (Å²) < 4.78 is 7.38. The zero-order chi connectivity index (χ0) is 19.5. The normalized spacial score (nSPS) is 11.0. The van der Waals surface area contributed by atoms with Crippen LogP contribution in [0.2, 0.25) is 0 Å². The van der Waals surface area contributed by atoms with E-state index in [9.17, 15) is 10.1 Å². The van der Waals surface area contributed by atoms with E-state index < -0.39 is 4.92 Å². The molecular weight excluding hydrogens is 378 g/mol. The van der Waals surface area contributed by atoms with Crippen molar-refractivity contribution >= 4 is 28.5 Å². The minimum absolute atomic E-state index is 0.0173. The Morgan fingerprint density at radius 2 is 2.07 bits per heavy atom. The molecule has 0 saturated heterocycles. The lowest BCUT2D eigenvalue weighted by Gasteiger charge is -2.04. The number of nitro groups is 1. The van der Waals surface area contributed by atoms with E-state index in [1.807, 2.05) is 30.3 Å². The van der Waals surface area contributed by atoms with E-state index in [0.29, 0.717) is 29.6 Å². The summed E-state index contributed by atoms with van der Waals surface area (Å²) in [5.41, 5.74) is 2.46. The van der Waals surface area contributed by atoms with Crippen LogP contribution >= 0.6 is 11.8 Å². The van der Waals surface area contributed by atoms with Gasteiger partial charge in [-0.05, 0) is 12.1 Å². The van der Waals surface area contributed by atoms with Crippen LogP contribution in [0.5, 0.6) is 0 Å². The van der Waals surface area contributed by atoms with Crippen molar-refractivity contribution in [1.29, 1.82) is 0 Å². The lowest BCUT2D eigenvalue weighted by molar-refractivity contribution is -0.384. The summed E-state index contributed by atoms with van der Waals surface area (Å²) in [4.78, 5) is 19.5. The SMILES string of the molecule is C=CCn1c(SCc2nc(-c3cccc([N+](=O)[O-])c3)no2)nc2ccccc21. The topological polar surface area (TPSA) is 99.9 Å². The van der Waals surface area contributed by atoms with Crippen LogP contribution in [0.25, 0.3) is 22.4 Å². The molecule has 28 heavy (non-hydrogen) atoms. The fourth-order valence-corrected chi connectivity index (χ4v) is 3.65. The number of hydrogen-bond donors (Lipinski definition) is 0. The molecule has 0 unspecified atom stereocenters. The zero-order valence-electron chi connectivity index (χ0n) is 14.7. The third-order valence-corrected chi connectivity index (χ3v) is 5.00. The van der Waals surface area contributed by atoms with Gasteiger partial charge in [0.05, 0.1) is 21.7 Å². The molecule has 0 saturated carbocycles. The predicted octanol–water partition coefficient (Wildman–Crippen LogP) is 4.47. The molecule has 0 bridgehead atoms. The van der Waals surface area contributed by atoms with E-state index in [1.54, 1.807) is 12.1 Å². The van der Waals surface area contributed by atoms with Crippen LogP contribution in [-0.4, -0.2) is 24.6 Å². The van der Waals surface area contributed by atoms with Crippen LogP contribution in [0.4, 0.5) is 5.69 Å². The van der Waals surface area contributed by atoms with Gasteiger partial charge in [0.1, 0.15) is 0 Å². The molecule has 0 aliphatic carbocycles. The largest absolute Gasteiger partial charge is 0.338 e. The maximum atomic E-state index is 10.9. The highest BCUT2D eigenvalue weighted by Gasteiger charge is 2.15. The lowest BCUT2D eigenvalue weighted by atomic mass is 10.2. The number of fused-ring (bicyclic) bond motifs is 1. The number of non-ortho nitro benzene ring substituents is 1. The number of allylic oxidation sites excluding steroid dienone is 1. The van der Waals surface area contributed by atoms with Crippen LogP contribution < -0.4 is 0 Å². The summed E-state index contributed by atoms with van der Waals surface area (Å²) in [5, 5.41) is 15.7. The zero-order valence-corrected chi connectivity index (χ0v) is 15.5. The highest BCUT2D eigenvalue weighted by molar-refractivity contribution is 7.98. The van der Waals surface area contributed by atoms with Crippen molar-refractivity contribution in [3.8, 4) is 11.4 Å². The van der Waals surface area contributed by atoms with Crippen LogP contribution in [0.3, 0.4) is 0 Å². The van der Waals surface area contributed by atoms with Gasteiger partial charge in [0, 0.05) is 24.2 Å². The Bertz CT molecular complexity index is 1170. The van der Waals surface area contributed by atoms with Gasteiger partial charge in [0.15, 0.2) is 5.16 Å². The van der Waals surface area contributed by atoms with Crippen molar-refractivity contribution in [2.75, 3.05) is 0 Å². The molecule has 2 aromatic heterocycles. The smallest absolute Gasteiger partial charge is 0.270 e. The fraction of sp³-hybridized carbons (Fsp3) is 0.105. The van der Waals surface area contributed by atoms with Crippen molar-refractivity contribution in [1.82, 2.24) is 19.7 Å². The number of thioether (sulfide) groups is 1. The maximum Gasteiger partial charge on any atom is 0.270 e. The monoisotopic (exact) mass is 393 g/mol. The number of rotatable bonds is 7. The van der Waals surface area contributed by atoms with Crippen LogP contribution in [0, 0.1) is 10.1 Å². The van der Waals surface area contributed by atoms with Gasteiger partial charge in [0.25, 0.3) is 5.69 Å². The van der Waals surface area contributed by atoms with Gasteiger partial charge >= 0.3 is 0 Å². The molecule has 0 fully saturated rings. The number of nitro benzene ring substituents is 1.